The number of carbonyl (C=O) groups is 1. The summed E-state index contributed by atoms with van der Waals surface area (Å²) >= 11 is 6.04. The molecule has 0 atom stereocenters. The van der Waals surface area contributed by atoms with Gasteiger partial charge in [-0.05, 0) is 42.8 Å². The van der Waals surface area contributed by atoms with Gasteiger partial charge in [0.15, 0.2) is 0 Å². The summed E-state index contributed by atoms with van der Waals surface area (Å²) in [5, 5.41) is 0.366. The zero-order chi connectivity index (χ0) is 14.5. The first-order valence-electron chi connectivity index (χ1n) is 6.35. The highest BCUT2D eigenvalue weighted by Crippen LogP contribution is 2.27. The largest absolute Gasteiger partial charge is 0.462 e. The highest BCUT2D eigenvalue weighted by atomic mass is 35.5. The van der Waals surface area contributed by atoms with Crippen molar-refractivity contribution in [3.05, 3.63) is 53.3 Å². The fourth-order valence-electron chi connectivity index (χ4n) is 1.73. The fraction of sp³-hybridized carbons (Fsp3) is 0.188. The van der Waals surface area contributed by atoms with E-state index in [1.165, 1.54) is 0 Å². The van der Waals surface area contributed by atoms with Crippen LogP contribution >= 0.6 is 11.6 Å². The molecule has 3 nitrogen and oxygen atoms in total. The first kappa shape index (κ1) is 14.4. The van der Waals surface area contributed by atoms with E-state index in [-0.39, 0.29) is 0 Å². The monoisotopic (exact) mass is 290 g/mol. The van der Waals surface area contributed by atoms with Gasteiger partial charge in [0.1, 0.15) is 11.5 Å². The first-order valence-corrected chi connectivity index (χ1v) is 6.72. The van der Waals surface area contributed by atoms with Crippen molar-refractivity contribution in [2.24, 2.45) is 0 Å². The van der Waals surface area contributed by atoms with Gasteiger partial charge in [-0.1, -0.05) is 25.1 Å². The van der Waals surface area contributed by atoms with Crippen molar-refractivity contribution in [2.45, 2.75) is 13.3 Å². The van der Waals surface area contributed by atoms with Gasteiger partial charge in [-0.15, -0.1) is 0 Å². The van der Waals surface area contributed by atoms with Crippen molar-refractivity contribution in [3.63, 3.8) is 0 Å². The van der Waals surface area contributed by atoms with Crippen LogP contribution < -0.4 is 0 Å². The van der Waals surface area contributed by atoms with E-state index in [0.29, 0.717) is 28.7 Å². The Hall–Kier alpha value is -2.00. The molecule has 1 heterocycles. The van der Waals surface area contributed by atoms with Crippen LogP contribution in [0, 0.1) is 0 Å². The smallest absolute Gasteiger partial charge is 0.339 e. The lowest BCUT2D eigenvalue weighted by molar-refractivity contribution is 0.0505. The second-order valence-corrected chi connectivity index (χ2v) is 4.64. The van der Waals surface area contributed by atoms with Crippen molar-refractivity contribution in [1.29, 1.82) is 0 Å². The van der Waals surface area contributed by atoms with Crippen LogP contribution in [0.2, 0.25) is 5.02 Å². The lowest BCUT2D eigenvalue weighted by atomic mass is 10.1. The summed E-state index contributed by atoms with van der Waals surface area (Å²) in [5.41, 5.74) is 1.11. The van der Waals surface area contributed by atoms with E-state index in [1.807, 2.05) is 19.1 Å². The van der Waals surface area contributed by atoms with E-state index in [0.717, 1.165) is 12.0 Å². The third kappa shape index (κ3) is 3.11. The summed E-state index contributed by atoms with van der Waals surface area (Å²) in [4.78, 5) is 11.9. The zero-order valence-electron chi connectivity index (χ0n) is 11.2. The molecule has 2 aromatic rings. The van der Waals surface area contributed by atoms with Gasteiger partial charge in [-0.25, -0.2) is 4.79 Å². The number of rotatable bonds is 5. The number of esters is 1. The third-order valence-electron chi connectivity index (χ3n) is 2.74. The maximum absolute atomic E-state index is 11.9. The average molecular weight is 291 g/mol. The number of furan rings is 1. The molecule has 0 amide bonds. The molecule has 0 N–H and O–H groups in total. The van der Waals surface area contributed by atoms with Crippen LogP contribution in [0.1, 0.15) is 29.5 Å². The summed E-state index contributed by atoms with van der Waals surface area (Å²) in [5.74, 6) is 0.903. The van der Waals surface area contributed by atoms with Crippen molar-refractivity contribution in [2.75, 3.05) is 6.61 Å². The van der Waals surface area contributed by atoms with Gasteiger partial charge in [0.25, 0.3) is 0 Å². The van der Waals surface area contributed by atoms with Crippen LogP contribution in [0.4, 0.5) is 0 Å². The summed E-state index contributed by atoms with van der Waals surface area (Å²) in [6.07, 6.45) is 2.39. The molecular weight excluding hydrogens is 276 g/mol. The van der Waals surface area contributed by atoms with E-state index >= 15 is 0 Å². The Morgan fingerprint density at radius 3 is 2.85 bits per heavy atom. The van der Waals surface area contributed by atoms with Crippen LogP contribution in [0.25, 0.3) is 17.4 Å². The lowest BCUT2D eigenvalue weighted by Crippen LogP contribution is -2.06. The highest BCUT2D eigenvalue weighted by Gasteiger charge is 2.14. The summed E-state index contributed by atoms with van der Waals surface area (Å²) in [6.45, 7) is 5.95. The van der Waals surface area contributed by atoms with Crippen molar-refractivity contribution in [3.8, 4) is 11.3 Å². The molecule has 0 fully saturated rings. The van der Waals surface area contributed by atoms with Gasteiger partial charge in [0, 0.05) is 5.56 Å². The molecular formula is C16H15ClO3. The molecule has 0 aliphatic carbocycles. The number of ether oxygens (including phenoxy) is 1. The maximum Gasteiger partial charge on any atom is 0.339 e. The number of halogens is 1. The van der Waals surface area contributed by atoms with Crippen molar-refractivity contribution < 1.29 is 13.9 Å². The van der Waals surface area contributed by atoms with Gasteiger partial charge in [-0.3, -0.25) is 0 Å². The second-order valence-electron chi connectivity index (χ2n) is 4.24. The topological polar surface area (TPSA) is 39.4 Å². The van der Waals surface area contributed by atoms with Gasteiger partial charge in [0.05, 0.1) is 17.2 Å². The highest BCUT2D eigenvalue weighted by molar-refractivity contribution is 6.33. The Balaban J connectivity index is 2.32. The number of hydrogen-bond acceptors (Lipinski definition) is 3. The van der Waals surface area contributed by atoms with Crippen molar-refractivity contribution in [1.82, 2.24) is 0 Å². The molecule has 0 bridgehead atoms. The third-order valence-corrected chi connectivity index (χ3v) is 3.07. The summed E-state index contributed by atoms with van der Waals surface area (Å²) < 4.78 is 10.7. The first-order chi connectivity index (χ1) is 9.65. The average Bonchev–Trinajstić information content (AvgIpc) is 2.94. The standard InChI is InChI=1S/C16H15ClO3/c1-3-9-19-16(18)13-10-11(5-7-14(13)17)15-8-6-12(4-2)20-15/h4-8,10H,2-3,9H2,1H3. The SMILES string of the molecule is C=Cc1ccc(-c2ccc(Cl)c(C(=O)OCCC)c2)o1. The molecule has 0 saturated carbocycles. The number of benzene rings is 1. The van der Waals surface area contributed by atoms with E-state index in [4.69, 9.17) is 20.8 Å². The Morgan fingerprint density at radius 2 is 2.20 bits per heavy atom. The van der Waals surface area contributed by atoms with E-state index < -0.39 is 5.97 Å². The Bertz CT molecular complexity index is 628. The maximum atomic E-state index is 11.9. The summed E-state index contributed by atoms with van der Waals surface area (Å²) in [7, 11) is 0. The van der Waals surface area contributed by atoms with Crippen LogP contribution in [0.5, 0.6) is 0 Å². The van der Waals surface area contributed by atoms with E-state index in [2.05, 4.69) is 6.58 Å². The Morgan fingerprint density at radius 1 is 1.40 bits per heavy atom. The van der Waals surface area contributed by atoms with Gasteiger partial charge < -0.3 is 9.15 Å². The molecule has 0 aliphatic rings. The number of carbonyl (C=O) groups excluding carboxylic acids is 1. The van der Waals surface area contributed by atoms with Gasteiger partial charge in [0.2, 0.25) is 0 Å². The molecule has 0 unspecified atom stereocenters. The predicted octanol–water partition coefficient (Wildman–Crippen LogP) is 4.81. The molecule has 1 aromatic heterocycles. The number of hydrogen-bond donors (Lipinski definition) is 0. The van der Waals surface area contributed by atoms with E-state index in [1.54, 1.807) is 24.3 Å². The van der Waals surface area contributed by atoms with Gasteiger partial charge in [-0.2, -0.15) is 0 Å². The van der Waals surface area contributed by atoms with Crippen LogP contribution in [0.15, 0.2) is 41.3 Å². The zero-order valence-corrected chi connectivity index (χ0v) is 11.9. The molecule has 0 radical (unpaired) electrons. The Kier molecular flexibility index (Phi) is 4.64. The molecule has 104 valence electrons. The minimum Gasteiger partial charge on any atom is -0.462 e. The summed E-state index contributed by atoms with van der Waals surface area (Å²) in [6, 6.07) is 8.76. The van der Waals surface area contributed by atoms with Gasteiger partial charge >= 0.3 is 5.97 Å². The predicted molar refractivity (Wildman–Crippen MR) is 79.8 cm³/mol. The molecule has 1 aromatic carbocycles. The fourth-order valence-corrected chi connectivity index (χ4v) is 1.92. The Labute approximate surface area is 122 Å². The molecule has 0 saturated heterocycles. The van der Waals surface area contributed by atoms with Crippen LogP contribution in [0.3, 0.4) is 0 Å². The molecule has 2 rings (SSSR count). The second kappa shape index (κ2) is 6.44. The minimum atomic E-state index is -0.422. The van der Waals surface area contributed by atoms with Crippen molar-refractivity contribution >= 4 is 23.6 Å². The normalized spacial score (nSPS) is 10.3. The van der Waals surface area contributed by atoms with Crippen LogP contribution in [-0.2, 0) is 4.74 Å². The molecule has 0 spiro atoms. The molecule has 4 heteroatoms. The minimum absolute atomic E-state index is 0.342. The van der Waals surface area contributed by atoms with E-state index in [9.17, 15) is 4.79 Å². The molecule has 0 aliphatic heterocycles. The lowest BCUT2D eigenvalue weighted by Gasteiger charge is -2.06. The van der Waals surface area contributed by atoms with Crippen LogP contribution in [-0.4, -0.2) is 12.6 Å². The quantitative estimate of drug-likeness (QED) is 0.742. The molecule has 20 heavy (non-hydrogen) atoms.